The van der Waals surface area contributed by atoms with Crippen molar-refractivity contribution < 1.29 is 14.7 Å². The molecule has 0 saturated heterocycles. The largest absolute Gasteiger partial charge is 0.496 e. The summed E-state index contributed by atoms with van der Waals surface area (Å²) in [6.45, 7) is 1.97. The van der Waals surface area contributed by atoms with Crippen molar-refractivity contribution in [2.24, 2.45) is 16.8 Å². The fraction of sp³-hybridized carbons (Fsp3) is 0.333. The quantitative estimate of drug-likeness (QED) is 0.330. The molecule has 0 radical (unpaired) electrons. The zero-order chi connectivity index (χ0) is 14.4. The lowest BCUT2D eigenvalue weighted by molar-refractivity contribution is 0.0948. The van der Waals surface area contributed by atoms with E-state index in [1.807, 2.05) is 0 Å². The van der Waals surface area contributed by atoms with Crippen LogP contribution in [0.15, 0.2) is 23.4 Å². The van der Waals surface area contributed by atoms with E-state index in [0.29, 0.717) is 16.3 Å². The van der Waals surface area contributed by atoms with Crippen LogP contribution in [0.25, 0.3) is 0 Å². The van der Waals surface area contributed by atoms with Crippen molar-refractivity contribution in [3.05, 3.63) is 28.8 Å². The number of nitrogens with zero attached hydrogens (tertiary/aromatic N) is 1. The molecule has 1 rings (SSSR count). The molecule has 1 unspecified atom stereocenters. The maximum Gasteiger partial charge on any atom is 0.255 e. The van der Waals surface area contributed by atoms with Crippen molar-refractivity contribution in [3.8, 4) is 5.75 Å². The van der Waals surface area contributed by atoms with Gasteiger partial charge in [0, 0.05) is 17.5 Å². The highest BCUT2D eigenvalue weighted by Gasteiger charge is 2.15. The van der Waals surface area contributed by atoms with Crippen molar-refractivity contribution >= 4 is 23.3 Å². The number of benzene rings is 1. The summed E-state index contributed by atoms with van der Waals surface area (Å²) >= 11 is 5.85. The number of amidine groups is 1. The molecule has 0 saturated carbocycles. The van der Waals surface area contributed by atoms with Gasteiger partial charge in [0.25, 0.3) is 5.91 Å². The van der Waals surface area contributed by atoms with Crippen LogP contribution in [0.4, 0.5) is 0 Å². The summed E-state index contributed by atoms with van der Waals surface area (Å²) in [5.74, 6) is -0.132. The Bertz CT molecular complexity index is 491. The first-order valence-corrected chi connectivity index (χ1v) is 5.96. The minimum absolute atomic E-state index is 0.0540. The molecule has 104 valence electrons. The Labute approximate surface area is 116 Å². The second-order valence-corrected chi connectivity index (χ2v) is 4.42. The number of hydrogen-bond donors (Lipinski definition) is 3. The first-order chi connectivity index (χ1) is 8.99. The first kappa shape index (κ1) is 15.1. The maximum absolute atomic E-state index is 12.0. The van der Waals surface area contributed by atoms with Gasteiger partial charge >= 0.3 is 0 Å². The van der Waals surface area contributed by atoms with E-state index in [0.717, 1.165) is 0 Å². The smallest absolute Gasteiger partial charge is 0.255 e. The predicted molar refractivity (Wildman–Crippen MR) is 72.9 cm³/mol. The van der Waals surface area contributed by atoms with Gasteiger partial charge in [-0.15, -0.1) is 0 Å². The van der Waals surface area contributed by atoms with Gasteiger partial charge in [-0.3, -0.25) is 4.79 Å². The Morgan fingerprint density at radius 1 is 1.63 bits per heavy atom. The Morgan fingerprint density at radius 3 is 2.89 bits per heavy atom. The maximum atomic E-state index is 12.0. The number of nitrogens with two attached hydrogens (primary N) is 1. The van der Waals surface area contributed by atoms with Crippen molar-refractivity contribution in [3.63, 3.8) is 0 Å². The molecule has 0 aliphatic rings. The van der Waals surface area contributed by atoms with E-state index in [2.05, 4.69) is 10.5 Å². The lowest BCUT2D eigenvalue weighted by Gasteiger charge is -2.13. The monoisotopic (exact) mass is 285 g/mol. The molecule has 0 aliphatic carbocycles. The van der Waals surface area contributed by atoms with Crippen molar-refractivity contribution in [1.82, 2.24) is 5.32 Å². The second-order valence-electron chi connectivity index (χ2n) is 3.98. The molecule has 1 aromatic rings. The highest BCUT2D eigenvalue weighted by atomic mass is 35.5. The van der Waals surface area contributed by atoms with Gasteiger partial charge in [-0.05, 0) is 18.2 Å². The summed E-state index contributed by atoms with van der Waals surface area (Å²) < 4.78 is 5.09. The zero-order valence-electron chi connectivity index (χ0n) is 10.7. The van der Waals surface area contributed by atoms with E-state index in [4.69, 9.17) is 27.3 Å². The fourth-order valence-electron chi connectivity index (χ4n) is 1.40. The molecule has 0 spiro atoms. The van der Waals surface area contributed by atoms with Crippen molar-refractivity contribution in [2.45, 2.75) is 6.92 Å². The molecule has 1 amide bonds. The molecule has 6 nitrogen and oxygen atoms in total. The number of ether oxygens (including phenoxy) is 1. The van der Waals surface area contributed by atoms with Gasteiger partial charge in [0.1, 0.15) is 11.6 Å². The molecule has 1 aromatic carbocycles. The van der Waals surface area contributed by atoms with Crippen molar-refractivity contribution in [1.29, 1.82) is 0 Å². The molecule has 0 bridgehead atoms. The third-order valence-corrected chi connectivity index (χ3v) is 2.83. The lowest BCUT2D eigenvalue weighted by atomic mass is 10.1. The van der Waals surface area contributed by atoms with Crippen molar-refractivity contribution in [2.75, 3.05) is 13.7 Å². The zero-order valence-corrected chi connectivity index (χ0v) is 11.4. The van der Waals surface area contributed by atoms with Gasteiger partial charge in [0.2, 0.25) is 0 Å². The Hall–Kier alpha value is -1.95. The van der Waals surface area contributed by atoms with Gasteiger partial charge in [0.05, 0.1) is 12.7 Å². The van der Waals surface area contributed by atoms with Crippen LogP contribution in [0.3, 0.4) is 0 Å². The minimum atomic E-state index is -0.336. The third-order valence-electron chi connectivity index (χ3n) is 2.60. The minimum Gasteiger partial charge on any atom is -0.496 e. The summed E-state index contributed by atoms with van der Waals surface area (Å²) in [5.41, 5.74) is 5.76. The van der Waals surface area contributed by atoms with Crippen LogP contribution in [0.2, 0.25) is 5.02 Å². The molecule has 19 heavy (non-hydrogen) atoms. The Balaban J connectivity index is 2.76. The normalized spacial score (nSPS) is 12.9. The van der Waals surface area contributed by atoms with E-state index in [9.17, 15) is 4.79 Å². The Kier molecular flexibility index (Phi) is 5.44. The number of amides is 1. The molecule has 0 heterocycles. The Morgan fingerprint density at radius 2 is 2.32 bits per heavy atom. The van der Waals surface area contributed by atoms with Crippen LogP contribution in [-0.2, 0) is 0 Å². The number of methoxy groups -OCH3 is 1. The standard InChI is InChI=1S/C12H16ClN3O3/c1-7(11(14)16-18)6-15-12(17)9-5-8(13)3-4-10(9)19-2/h3-5,7,18H,6H2,1-2H3,(H2,14,16)(H,15,17). The third kappa shape index (κ3) is 4.03. The van der Waals surface area contributed by atoms with E-state index >= 15 is 0 Å². The number of nitrogens with one attached hydrogen (secondary N) is 1. The number of rotatable bonds is 5. The number of oxime groups is 1. The number of carbonyl (C=O) groups is 1. The molecule has 0 aromatic heterocycles. The highest BCUT2D eigenvalue weighted by molar-refractivity contribution is 6.31. The van der Waals surface area contributed by atoms with Crippen LogP contribution < -0.4 is 15.8 Å². The van der Waals surface area contributed by atoms with Crippen LogP contribution in [-0.4, -0.2) is 30.6 Å². The van der Waals surface area contributed by atoms with Crippen LogP contribution in [0.1, 0.15) is 17.3 Å². The molecule has 0 fully saturated rings. The second kappa shape index (κ2) is 6.84. The van der Waals surface area contributed by atoms with Gasteiger partial charge in [-0.25, -0.2) is 0 Å². The number of hydrogen-bond acceptors (Lipinski definition) is 4. The summed E-state index contributed by atoms with van der Waals surface area (Å²) in [6, 6.07) is 4.77. The summed E-state index contributed by atoms with van der Waals surface area (Å²) in [4.78, 5) is 12.0. The van der Waals surface area contributed by atoms with Crippen LogP contribution in [0.5, 0.6) is 5.75 Å². The average molecular weight is 286 g/mol. The van der Waals surface area contributed by atoms with Crippen LogP contribution >= 0.6 is 11.6 Å². The summed E-state index contributed by atoms with van der Waals surface area (Å²) in [6.07, 6.45) is 0. The topological polar surface area (TPSA) is 96.9 Å². The summed E-state index contributed by atoms with van der Waals surface area (Å²) in [5, 5.41) is 14.5. The van der Waals surface area contributed by atoms with Crippen LogP contribution in [0, 0.1) is 5.92 Å². The fourth-order valence-corrected chi connectivity index (χ4v) is 1.57. The van der Waals surface area contributed by atoms with Gasteiger partial charge < -0.3 is 21.0 Å². The van der Waals surface area contributed by atoms with Gasteiger partial charge in [-0.1, -0.05) is 23.7 Å². The average Bonchev–Trinajstić information content (AvgIpc) is 2.43. The first-order valence-electron chi connectivity index (χ1n) is 5.58. The molecular weight excluding hydrogens is 270 g/mol. The highest BCUT2D eigenvalue weighted by Crippen LogP contribution is 2.22. The molecule has 7 heteroatoms. The van der Waals surface area contributed by atoms with Gasteiger partial charge in [-0.2, -0.15) is 0 Å². The SMILES string of the molecule is COc1ccc(Cl)cc1C(=O)NCC(C)C(N)=NO. The summed E-state index contributed by atoms with van der Waals surface area (Å²) in [7, 11) is 1.47. The lowest BCUT2D eigenvalue weighted by Crippen LogP contribution is -2.34. The van der Waals surface area contributed by atoms with E-state index < -0.39 is 0 Å². The number of halogens is 1. The number of carbonyl (C=O) groups excluding carboxylic acids is 1. The molecule has 1 atom stereocenters. The molecular formula is C12H16ClN3O3. The molecule has 4 N–H and O–H groups in total. The van der Waals surface area contributed by atoms with Gasteiger partial charge in [0.15, 0.2) is 0 Å². The van der Waals surface area contributed by atoms with E-state index in [-0.39, 0.29) is 24.2 Å². The van der Waals surface area contributed by atoms with E-state index in [1.54, 1.807) is 19.1 Å². The molecule has 0 aliphatic heterocycles. The van der Waals surface area contributed by atoms with E-state index in [1.165, 1.54) is 13.2 Å². The predicted octanol–water partition coefficient (Wildman–Crippen LogP) is 1.46.